The lowest BCUT2D eigenvalue weighted by Gasteiger charge is -2.45. The van der Waals surface area contributed by atoms with Crippen LogP contribution < -0.4 is 15.4 Å². The van der Waals surface area contributed by atoms with Gasteiger partial charge in [0.1, 0.15) is 17.9 Å². The Morgan fingerprint density at radius 1 is 1.20 bits per heavy atom. The molecule has 3 fully saturated rings. The minimum Gasteiger partial charge on any atom is -0.496 e. The van der Waals surface area contributed by atoms with Crippen molar-refractivity contribution in [1.82, 2.24) is 20.4 Å². The predicted octanol–water partition coefficient (Wildman–Crippen LogP) is 1.67. The molecule has 3 heterocycles. The van der Waals surface area contributed by atoms with Crippen molar-refractivity contribution in [2.24, 2.45) is 0 Å². The molecule has 4 rings (SSSR count). The van der Waals surface area contributed by atoms with Crippen molar-refractivity contribution >= 4 is 5.91 Å². The molecule has 0 aliphatic carbocycles. The Kier molecular flexibility index (Phi) is 7.20. The number of likely N-dealkylation sites (tertiary alicyclic amines) is 1. The van der Waals surface area contributed by atoms with Gasteiger partial charge in [-0.1, -0.05) is 18.9 Å². The lowest BCUT2D eigenvalue weighted by molar-refractivity contribution is -0.131. The lowest BCUT2D eigenvalue weighted by Crippen LogP contribution is -2.69. The number of rotatable bonds is 5. The molecule has 3 atom stereocenters. The quantitative estimate of drug-likeness (QED) is 0.756. The molecular formula is C22H33FN4O3. The van der Waals surface area contributed by atoms with E-state index in [1.165, 1.54) is 18.6 Å². The number of halogens is 1. The van der Waals surface area contributed by atoms with E-state index in [9.17, 15) is 9.18 Å². The Balaban J connectivity index is 1.51. The molecule has 30 heavy (non-hydrogen) atoms. The second-order valence-corrected chi connectivity index (χ2v) is 8.41. The van der Waals surface area contributed by atoms with Gasteiger partial charge in [0.05, 0.1) is 32.9 Å². The number of benzene rings is 1. The van der Waals surface area contributed by atoms with E-state index >= 15 is 0 Å². The topological polar surface area (TPSA) is 66.1 Å². The van der Waals surface area contributed by atoms with Crippen LogP contribution in [0.1, 0.15) is 37.7 Å². The number of hydrogen-bond acceptors (Lipinski definition) is 6. The van der Waals surface area contributed by atoms with Crippen LogP contribution in [0.25, 0.3) is 0 Å². The van der Waals surface area contributed by atoms with Gasteiger partial charge >= 0.3 is 0 Å². The summed E-state index contributed by atoms with van der Waals surface area (Å²) in [5, 5.41) is 6.84. The van der Waals surface area contributed by atoms with Crippen molar-refractivity contribution in [3.8, 4) is 5.75 Å². The van der Waals surface area contributed by atoms with Gasteiger partial charge in [-0.15, -0.1) is 0 Å². The van der Waals surface area contributed by atoms with Crippen molar-refractivity contribution in [3.63, 3.8) is 0 Å². The minimum atomic E-state index is -0.289. The van der Waals surface area contributed by atoms with E-state index in [1.807, 2.05) is 6.07 Å². The first-order valence-electron chi connectivity index (χ1n) is 11.1. The molecule has 2 N–H and O–H groups in total. The lowest BCUT2D eigenvalue weighted by atomic mass is 9.99. The molecule has 0 saturated carbocycles. The predicted molar refractivity (Wildman–Crippen MR) is 111 cm³/mol. The maximum atomic E-state index is 13.6. The van der Waals surface area contributed by atoms with Crippen molar-refractivity contribution in [2.75, 3.05) is 40.0 Å². The van der Waals surface area contributed by atoms with E-state index in [-0.39, 0.29) is 30.2 Å². The normalized spacial score (nSPS) is 29.3. The number of amides is 1. The maximum Gasteiger partial charge on any atom is 0.225 e. The fraction of sp³-hybridized carbons (Fsp3) is 0.682. The number of nitrogens with one attached hydrogen (secondary N) is 2. The first-order chi connectivity index (χ1) is 14.6. The van der Waals surface area contributed by atoms with E-state index in [2.05, 4.69) is 20.4 Å². The molecule has 7 nitrogen and oxygen atoms in total. The van der Waals surface area contributed by atoms with Crippen molar-refractivity contribution < 1.29 is 18.7 Å². The molecule has 0 bridgehead atoms. The molecule has 166 valence electrons. The molecule has 0 aromatic heterocycles. The van der Waals surface area contributed by atoms with Gasteiger partial charge in [0.15, 0.2) is 0 Å². The highest BCUT2D eigenvalue weighted by molar-refractivity contribution is 5.77. The van der Waals surface area contributed by atoms with E-state index in [0.717, 1.165) is 50.9 Å². The van der Waals surface area contributed by atoms with Gasteiger partial charge in [-0.2, -0.15) is 0 Å². The third-order valence-electron chi connectivity index (χ3n) is 6.47. The smallest absolute Gasteiger partial charge is 0.225 e. The summed E-state index contributed by atoms with van der Waals surface area (Å²) in [6.45, 7) is 4.02. The van der Waals surface area contributed by atoms with Crippen LogP contribution in [0.3, 0.4) is 0 Å². The molecule has 1 aromatic carbocycles. The first-order valence-corrected chi connectivity index (χ1v) is 11.1. The molecule has 8 heteroatoms. The number of ether oxygens (including phenoxy) is 2. The number of hydrogen-bond donors (Lipinski definition) is 2. The summed E-state index contributed by atoms with van der Waals surface area (Å²) in [6.07, 6.45) is 5.52. The molecule has 3 aliphatic heterocycles. The van der Waals surface area contributed by atoms with Gasteiger partial charge in [-0.05, 0) is 30.9 Å². The zero-order valence-corrected chi connectivity index (χ0v) is 17.7. The number of nitrogens with zero attached hydrogens (tertiary/aromatic N) is 2. The van der Waals surface area contributed by atoms with Gasteiger partial charge in [0.25, 0.3) is 0 Å². The fourth-order valence-electron chi connectivity index (χ4n) is 4.87. The summed E-state index contributed by atoms with van der Waals surface area (Å²) in [7, 11) is 1.58. The largest absolute Gasteiger partial charge is 0.496 e. The third kappa shape index (κ3) is 5.11. The third-order valence-corrected chi connectivity index (χ3v) is 6.47. The van der Waals surface area contributed by atoms with Gasteiger partial charge in [0.2, 0.25) is 5.91 Å². The summed E-state index contributed by atoms with van der Waals surface area (Å²) in [4.78, 5) is 17.3. The average Bonchev–Trinajstić information content (AvgIpc) is 3.00. The van der Waals surface area contributed by atoms with Crippen LogP contribution in [0.15, 0.2) is 18.2 Å². The van der Waals surface area contributed by atoms with Crippen LogP contribution in [0, 0.1) is 5.82 Å². The Hall–Kier alpha value is -1.74. The number of morpholine rings is 1. The van der Waals surface area contributed by atoms with Crippen LogP contribution in [0.4, 0.5) is 4.39 Å². The molecule has 0 radical (unpaired) electrons. The number of methoxy groups -OCH3 is 1. The van der Waals surface area contributed by atoms with Crippen LogP contribution in [0.2, 0.25) is 0 Å². The number of carbonyl (C=O) groups is 1. The Bertz CT molecular complexity index is 728. The Morgan fingerprint density at radius 3 is 2.83 bits per heavy atom. The summed E-state index contributed by atoms with van der Waals surface area (Å²) in [5.41, 5.74) is 1.00. The van der Waals surface area contributed by atoms with Gasteiger partial charge in [-0.25, -0.2) is 4.39 Å². The van der Waals surface area contributed by atoms with Crippen molar-refractivity contribution in [2.45, 2.75) is 57.0 Å². The second-order valence-electron chi connectivity index (χ2n) is 8.41. The molecule has 1 amide bonds. The highest BCUT2D eigenvalue weighted by Gasteiger charge is 2.36. The monoisotopic (exact) mass is 420 g/mol. The summed E-state index contributed by atoms with van der Waals surface area (Å²) in [5.74, 6) is 0.381. The molecule has 1 aromatic rings. The summed E-state index contributed by atoms with van der Waals surface area (Å²) in [6, 6.07) is 5.01. The molecule has 2 unspecified atom stereocenters. The highest BCUT2D eigenvalue weighted by atomic mass is 19.1. The zero-order valence-electron chi connectivity index (χ0n) is 17.7. The first kappa shape index (κ1) is 21.5. The molecule has 3 saturated heterocycles. The second kappa shape index (κ2) is 10.0. The van der Waals surface area contributed by atoms with E-state index in [1.54, 1.807) is 7.11 Å². The van der Waals surface area contributed by atoms with Crippen LogP contribution in [-0.4, -0.2) is 74.2 Å². The standard InChI is InChI=1S/C22H33FN4O3/c1-29-19-14-17(23)7-6-16(19)13-18-5-3-2-4-8-27(18)22-24-20(15-21(28)25-22)26-9-11-30-12-10-26/h6-7,14,18,20,22,24H,2-5,8-13,15H2,1H3,(H,25,28)/t18-,20?,22?/m1/s1. The van der Waals surface area contributed by atoms with Gasteiger partial charge < -0.3 is 14.8 Å². The Morgan fingerprint density at radius 2 is 2.03 bits per heavy atom. The van der Waals surface area contributed by atoms with Gasteiger partial charge in [0, 0.05) is 31.7 Å². The minimum absolute atomic E-state index is 0.0249. The maximum absolute atomic E-state index is 13.6. The summed E-state index contributed by atoms with van der Waals surface area (Å²) >= 11 is 0. The van der Waals surface area contributed by atoms with Crippen molar-refractivity contribution in [1.29, 1.82) is 0 Å². The van der Waals surface area contributed by atoms with Crippen LogP contribution in [-0.2, 0) is 16.0 Å². The van der Waals surface area contributed by atoms with E-state index in [0.29, 0.717) is 25.4 Å². The molecular weight excluding hydrogens is 387 g/mol. The SMILES string of the molecule is COc1cc(F)ccc1C[C@H]1CCCCCN1C1NC(=O)CC(N2CCOCC2)N1. The van der Waals surface area contributed by atoms with E-state index < -0.39 is 0 Å². The molecule has 3 aliphatic rings. The number of carbonyl (C=O) groups excluding carboxylic acids is 1. The zero-order chi connectivity index (χ0) is 20.9. The van der Waals surface area contributed by atoms with Crippen LogP contribution >= 0.6 is 0 Å². The Labute approximate surface area is 177 Å². The van der Waals surface area contributed by atoms with Crippen LogP contribution in [0.5, 0.6) is 5.75 Å². The molecule has 0 spiro atoms. The summed E-state index contributed by atoms with van der Waals surface area (Å²) < 4.78 is 24.5. The van der Waals surface area contributed by atoms with Crippen molar-refractivity contribution in [3.05, 3.63) is 29.6 Å². The fourth-order valence-corrected chi connectivity index (χ4v) is 4.87. The van der Waals surface area contributed by atoms with E-state index in [4.69, 9.17) is 9.47 Å². The average molecular weight is 421 g/mol. The highest BCUT2D eigenvalue weighted by Crippen LogP contribution is 2.27. The van der Waals surface area contributed by atoms with Gasteiger partial charge in [-0.3, -0.25) is 19.9 Å².